The van der Waals surface area contributed by atoms with Crippen LogP contribution < -0.4 is 4.74 Å². The maximum atomic E-state index is 10.8. The van der Waals surface area contributed by atoms with E-state index in [9.17, 15) is 5.11 Å². The second-order valence-electron chi connectivity index (χ2n) is 11.1. The fourth-order valence-electron chi connectivity index (χ4n) is 5.50. The molecule has 0 spiro atoms. The number of aliphatic hydroxyl groups excluding tert-OH is 1. The highest BCUT2D eigenvalue weighted by atomic mass is 16.5. The van der Waals surface area contributed by atoms with Gasteiger partial charge in [0, 0.05) is 47.0 Å². The van der Waals surface area contributed by atoms with E-state index in [0.29, 0.717) is 18.1 Å². The Labute approximate surface area is 239 Å². The maximum absolute atomic E-state index is 10.8. The molecule has 2 aromatic carbocycles. The Hall–Kier alpha value is -4.50. The SMILES string of the molecule is Cc1c(C(C)C)c(-c2cccc3nn(C[C@H](O)c4ccccc4)cc23)nn1-c1cc2cn(C)nc2nc1OC(C)C. The highest BCUT2D eigenvalue weighted by molar-refractivity contribution is 5.94. The lowest BCUT2D eigenvalue weighted by molar-refractivity contribution is 0.152. The van der Waals surface area contributed by atoms with Crippen LogP contribution in [-0.2, 0) is 13.6 Å². The van der Waals surface area contributed by atoms with Crippen molar-refractivity contribution in [2.45, 2.75) is 59.3 Å². The van der Waals surface area contributed by atoms with E-state index >= 15 is 0 Å². The molecule has 210 valence electrons. The van der Waals surface area contributed by atoms with Crippen LogP contribution in [0.25, 0.3) is 38.9 Å². The fraction of sp³-hybridized carbons (Fsp3) is 0.312. The van der Waals surface area contributed by atoms with Crippen molar-refractivity contribution in [3.8, 4) is 22.8 Å². The molecule has 1 atom stereocenters. The predicted molar refractivity (Wildman–Crippen MR) is 160 cm³/mol. The summed E-state index contributed by atoms with van der Waals surface area (Å²) in [4.78, 5) is 4.76. The lowest BCUT2D eigenvalue weighted by Gasteiger charge is -2.14. The summed E-state index contributed by atoms with van der Waals surface area (Å²) in [6.45, 7) is 10.8. The van der Waals surface area contributed by atoms with E-state index in [0.717, 1.165) is 50.1 Å². The summed E-state index contributed by atoms with van der Waals surface area (Å²) in [7, 11) is 1.89. The molecule has 0 aliphatic heterocycles. The van der Waals surface area contributed by atoms with Crippen LogP contribution in [0.3, 0.4) is 0 Å². The molecule has 0 fully saturated rings. The summed E-state index contributed by atoms with van der Waals surface area (Å²) < 4.78 is 11.7. The van der Waals surface area contributed by atoms with Crippen LogP contribution in [0.2, 0.25) is 0 Å². The van der Waals surface area contributed by atoms with E-state index in [1.807, 2.05) is 91.2 Å². The zero-order chi connectivity index (χ0) is 28.8. The van der Waals surface area contributed by atoms with E-state index in [4.69, 9.17) is 19.9 Å². The van der Waals surface area contributed by atoms with E-state index in [1.54, 1.807) is 4.68 Å². The van der Waals surface area contributed by atoms with E-state index in [2.05, 4.69) is 31.9 Å². The molecule has 0 aliphatic rings. The molecule has 4 aromatic heterocycles. The first-order chi connectivity index (χ1) is 19.7. The number of rotatable bonds is 8. The third-order valence-corrected chi connectivity index (χ3v) is 7.27. The van der Waals surface area contributed by atoms with Gasteiger partial charge in [-0.1, -0.05) is 56.3 Å². The summed E-state index contributed by atoms with van der Waals surface area (Å²) in [5.74, 6) is 0.716. The molecule has 0 amide bonds. The highest BCUT2D eigenvalue weighted by Crippen LogP contribution is 2.38. The first-order valence-corrected chi connectivity index (χ1v) is 14.0. The van der Waals surface area contributed by atoms with Gasteiger partial charge in [0.15, 0.2) is 5.65 Å². The molecule has 0 aliphatic carbocycles. The van der Waals surface area contributed by atoms with E-state index in [1.165, 1.54) is 0 Å². The molecule has 0 radical (unpaired) electrons. The minimum absolute atomic E-state index is 0.0619. The molecule has 0 unspecified atom stereocenters. The van der Waals surface area contributed by atoms with E-state index < -0.39 is 6.10 Å². The summed E-state index contributed by atoms with van der Waals surface area (Å²) in [6.07, 6.45) is 3.24. The number of fused-ring (bicyclic) bond motifs is 2. The molecule has 9 heteroatoms. The fourth-order valence-corrected chi connectivity index (χ4v) is 5.50. The predicted octanol–water partition coefficient (Wildman–Crippen LogP) is 6.12. The largest absolute Gasteiger partial charge is 0.473 e. The van der Waals surface area contributed by atoms with Crippen molar-refractivity contribution in [2.24, 2.45) is 7.05 Å². The van der Waals surface area contributed by atoms with Crippen molar-refractivity contribution in [1.82, 2.24) is 34.3 Å². The molecule has 9 nitrogen and oxygen atoms in total. The van der Waals surface area contributed by atoms with Crippen molar-refractivity contribution < 1.29 is 9.84 Å². The van der Waals surface area contributed by atoms with Crippen molar-refractivity contribution in [3.05, 3.63) is 83.8 Å². The molecule has 1 N–H and O–H groups in total. The number of hydrogen-bond acceptors (Lipinski definition) is 6. The number of pyridine rings is 1. The molecule has 4 heterocycles. The Morgan fingerprint density at radius 3 is 2.44 bits per heavy atom. The quantitative estimate of drug-likeness (QED) is 0.246. The monoisotopic (exact) mass is 549 g/mol. The number of aliphatic hydroxyl groups is 1. The van der Waals surface area contributed by atoms with Gasteiger partial charge in [0.2, 0.25) is 5.88 Å². The van der Waals surface area contributed by atoms with Crippen molar-refractivity contribution in [3.63, 3.8) is 0 Å². The average Bonchev–Trinajstić information content (AvgIpc) is 3.61. The summed E-state index contributed by atoms with van der Waals surface area (Å²) in [5.41, 5.74) is 7.20. The van der Waals surface area contributed by atoms with Gasteiger partial charge in [0.1, 0.15) is 5.69 Å². The first kappa shape index (κ1) is 26.7. The average molecular weight is 550 g/mol. The second kappa shape index (κ2) is 10.5. The number of benzene rings is 2. The molecule has 0 saturated carbocycles. The van der Waals surface area contributed by atoms with Gasteiger partial charge in [-0.3, -0.25) is 9.36 Å². The minimum atomic E-state index is -0.657. The van der Waals surface area contributed by atoms with Crippen LogP contribution in [0.1, 0.15) is 56.5 Å². The highest BCUT2D eigenvalue weighted by Gasteiger charge is 2.25. The molecule has 41 heavy (non-hydrogen) atoms. The van der Waals surface area contributed by atoms with Gasteiger partial charge >= 0.3 is 0 Å². The molecule has 0 saturated heterocycles. The smallest absolute Gasteiger partial charge is 0.242 e. The Bertz CT molecular complexity index is 1850. The molecule has 0 bridgehead atoms. The number of ether oxygens (including phenoxy) is 1. The Morgan fingerprint density at radius 2 is 1.71 bits per heavy atom. The van der Waals surface area contributed by atoms with E-state index in [-0.39, 0.29) is 12.0 Å². The molecule has 6 rings (SSSR count). The maximum Gasteiger partial charge on any atom is 0.242 e. The zero-order valence-electron chi connectivity index (χ0n) is 24.3. The Kier molecular flexibility index (Phi) is 6.83. The first-order valence-electron chi connectivity index (χ1n) is 14.0. The van der Waals surface area contributed by atoms with Gasteiger partial charge in [-0.05, 0) is 44.4 Å². The van der Waals surface area contributed by atoms with Crippen LogP contribution in [0, 0.1) is 6.92 Å². The lowest BCUT2D eigenvalue weighted by atomic mass is 9.95. The third-order valence-electron chi connectivity index (χ3n) is 7.27. The van der Waals surface area contributed by atoms with Crippen molar-refractivity contribution in [2.75, 3.05) is 0 Å². The minimum Gasteiger partial charge on any atom is -0.473 e. The van der Waals surface area contributed by atoms with Gasteiger partial charge in [-0.15, -0.1) is 0 Å². The molecular formula is C32H35N7O2. The zero-order valence-corrected chi connectivity index (χ0v) is 24.3. The van der Waals surface area contributed by atoms with Crippen molar-refractivity contribution in [1.29, 1.82) is 0 Å². The molecule has 6 aromatic rings. The number of aryl methyl sites for hydroxylation is 1. The Balaban J connectivity index is 1.48. The van der Waals surface area contributed by atoms with Crippen LogP contribution in [-0.4, -0.2) is 45.5 Å². The number of hydrogen-bond donors (Lipinski definition) is 1. The van der Waals surface area contributed by atoms with Gasteiger partial charge in [-0.2, -0.15) is 20.3 Å². The summed E-state index contributed by atoms with van der Waals surface area (Å²) >= 11 is 0. The lowest BCUT2D eigenvalue weighted by Crippen LogP contribution is -2.11. The number of nitrogens with zero attached hydrogens (tertiary/aromatic N) is 7. The second-order valence-corrected chi connectivity index (χ2v) is 11.1. The summed E-state index contributed by atoms with van der Waals surface area (Å²) in [6, 6.07) is 17.8. The summed E-state index contributed by atoms with van der Waals surface area (Å²) in [5, 5.41) is 27.2. The van der Waals surface area contributed by atoms with Crippen LogP contribution >= 0.6 is 0 Å². The third kappa shape index (κ3) is 4.97. The Morgan fingerprint density at radius 1 is 0.927 bits per heavy atom. The van der Waals surface area contributed by atoms with Crippen LogP contribution in [0.5, 0.6) is 5.88 Å². The normalized spacial score (nSPS) is 12.7. The van der Waals surface area contributed by atoms with Crippen LogP contribution in [0.4, 0.5) is 0 Å². The van der Waals surface area contributed by atoms with Crippen LogP contribution in [0.15, 0.2) is 67.0 Å². The van der Waals surface area contributed by atoms with Gasteiger partial charge in [0.25, 0.3) is 0 Å². The van der Waals surface area contributed by atoms with Gasteiger partial charge < -0.3 is 9.84 Å². The number of aromatic nitrogens is 7. The topological polar surface area (TPSA) is 95.8 Å². The van der Waals surface area contributed by atoms with Gasteiger partial charge in [-0.25, -0.2) is 4.68 Å². The van der Waals surface area contributed by atoms with Crippen molar-refractivity contribution >= 4 is 21.9 Å². The van der Waals surface area contributed by atoms with Gasteiger partial charge in [0.05, 0.1) is 30.0 Å². The standard InChI is InChI=1S/C32H35N7O2/c1-19(2)29-21(5)39(27-15-23-16-37(6)36-31(23)33-32(27)41-20(3)4)35-30(29)24-13-10-14-26-25(24)17-38(34-26)18-28(40)22-11-8-7-9-12-22/h7-17,19-20,28,40H,18H2,1-6H3/t28-/m0/s1. The molecular weight excluding hydrogens is 514 g/mol.